The first-order chi connectivity index (χ1) is 30.5. The van der Waals surface area contributed by atoms with Crippen molar-refractivity contribution in [2.75, 3.05) is 18.7 Å². The number of allylic oxidation sites excluding steroid dienone is 4. The predicted octanol–water partition coefficient (Wildman–Crippen LogP) is 3.32. The number of anilines is 1. The minimum atomic E-state index is -1.44. The number of aliphatic hydroxyl groups excluding tert-OH is 2. The van der Waals surface area contributed by atoms with Gasteiger partial charge in [-0.05, 0) is 74.4 Å². The first-order valence-corrected chi connectivity index (χ1v) is 21.5. The molecule has 346 valence electrons. The number of hydroxylamine groups is 1. The Morgan fingerprint density at radius 2 is 1.78 bits per heavy atom. The highest BCUT2D eigenvalue weighted by Gasteiger charge is 2.38. The van der Waals surface area contributed by atoms with Gasteiger partial charge in [0.2, 0.25) is 11.8 Å². The van der Waals surface area contributed by atoms with Crippen LogP contribution >= 0.6 is 0 Å². The molecule has 1 fully saturated rings. The minimum absolute atomic E-state index is 0.0394. The van der Waals surface area contributed by atoms with Gasteiger partial charge in [-0.2, -0.15) is 5.06 Å². The van der Waals surface area contributed by atoms with Gasteiger partial charge in [-0.3, -0.25) is 38.8 Å². The van der Waals surface area contributed by atoms with Crippen LogP contribution in [0.1, 0.15) is 72.3 Å². The average Bonchev–Trinajstić information content (AvgIpc) is 3.26. The van der Waals surface area contributed by atoms with Crippen molar-refractivity contribution in [3.8, 4) is 5.75 Å². The number of cyclic esters (lactones) is 1. The molecule has 0 radical (unpaired) electrons. The molecule has 3 heterocycles. The molecular weight excluding hydrogens is 825 g/mol. The van der Waals surface area contributed by atoms with Gasteiger partial charge in [-0.15, -0.1) is 0 Å². The average molecular weight is 887 g/mol. The normalized spacial score (nSPS) is 26.8. The number of ketones is 1. The standard InChI is InChI=1S/C47H62N6O11/c1-29(2)42-45(60)49-38(28-33-14-11-15-35(55)27-33)46(61)52-26-12-16-37(51-52)47(62)64-40(30(3)13-10-19-41(57)53(63-6)34-22-24-48-25-23-34)18-9-7-8-17-39(56)32(5)43(58)36(44(59)50-42)21-20-31(4)54/h7-11,13-15,17,19,22-25,27,29,32,36-40,42-43,51,55-56,58H,12,16,18,20-21,26,28H2,1-6H3,(H,49,60)(H,50,59)/b9-7+,17-8+,19-10+,30-13+/t32-,36+,37?,38-,39-,40-,42-,43+/m0/s1. The summed E-state index contributed by atoms with van der Waals surface area (Å²) in [6.45, 7) is 8.24. The van der Waals surface area contributed by atoms with Gasteiger partial charge in [0.15, 0.2) is 0 Å². The molecule has 17 heteroatoms. The van der Waals surface area contributed by atoms with Crippen LogP contribution in [-0.4, -0.2) is 111 Å². The number of hydrazine groups is 1. The summed E-state index contributed by atoms with van der Waals surface area (Å²) >= 11 is 0. The molecule has 4 amide bonds. The number of nitrogens with one attached hydrogen (secondary N) is 3. The zero-order valence-corrected chi connectivity index (χ0v) is 37.3. The lowest BCUT2D eigenvalue weighted by molar-refractivity contribution is -0.156. The Bertz CT molecular complexity index is 2050. The number of fused-ring (bicyclic) bond motifs is 2. The second-order valence-corrected chi connectivity index (χ2v) is 16.4. The van der Waals surface area contributed by atoms with Gasteiger partial charge < -0.3 is 35.5 Å². The number of carbonyl (C=O) groups is 6. The third-order valence-electron chi connectivity index (χ3n) is 11.1. The topological polar surface area (TPSA) is 237 Å². The number of amides is 4. The molecule has 1 aromatic carbocycles. The molecule has 6 N–H and O–H groups in total. The van der Waals surface area contributed by atoms with Gasteiger partial charge in [0, 0.05) is 50.2 Å². The van der Waals surface area contributed by atoms with Crippen LogP contribution < -0.4 is 21.1 Å². The van der Waals surface area contributed by atoms with Crippen LogP contribution in [-0.2, 0) is 44.8 Å². The molecule has 17 nitrogen and oxygen atoms in total. The molecule has 2 bridgehead atoms. The maximum absolute atomic E-state index is 14.4. The zero-order valence-electron chi connectivity index (χ0n) is 37.3. The molecule has 0 saturated carbocycles. The van der Waals surface area contributed by atoms with E-state index in [1.54, 1.807) is 76.3 Å². The fraction of sp³-hybridized carbons (Fsp3) is 0.468. The molecule has 0 aliphatic carbocycles. The van der Waals surface area contributed by atoms with E-state index in [4.69, 9.17) is 9.57 Å². The second-order valence-electron chi connectivity index (χ2n) is 16.4. The number of aromatic nitrogens is 1. The van der Waals surface area contributed by atoms with Gasteiger partial charge in [-0.1, -0.05) is 69.4 Å². The van der Waals surface area contributed by atoms with Gasteiger partial charge in [-0.25, -0.2) is 5.43 Å². The summed E-state index contributed by atoms with van der Waals surface area (Å²) in [5, 5.41) is 40.7. The first kappa shape index (κ1) is 50.6. The fourth-order valence-electron chi connectivity index (χ4n) is 7.31. The number of phenolic OH excluding ortho intramolecular Hbond substituents is 1. The SMILES string of the molecule is CON(C(=O)/C=C/C=C(\C)[C@@H]1C/C=C/C=C/[C@H](O)[C@H](C)[C@@H](O)[C@@H](CCC(C)=O)C(=O)N[C@@H](C(C)C)C(=O)N[C@@H](Cc2cccc(O)c2)C(=O)N2CCCC(N2)C(=O)O1)c1ccncc1. The Balaban J connectivity index is 1.71. The number of hydrogen-bond acceptors (Lipinski definition) is 13. The summed E-state index contributed by atoms with van der Waals surface area (Å²) in [6, 6.07) is 6.04. The van der Waals surface area contributed by atoms with Crippen molar-refractivity contribution in [3.63, 3.8) is 0 Å². The van der Waals surface area contributed by atoms with E-state index >= 15 is 0 Å². The summed E-state index contributed by atoms with van der Waals surface area (Å²) in [7, 11) is 1.36. The van der Waals surface area contributed by atoms with Crippen molar-refractivity contribution in [2.24, 2.45) is 17.8 Å². The van der Waals surface area contributed by atoms with E-state index in [2.05, 4.69) is 21.0 Å². The van der Waals surface area contributed by atoms with Crippen molar-refractivity contribution in [1.29, 1.82) is 0 Å². The number of aromatic hydroxyl groups is 1. The lowest BCUT2D eigenvalue weighted by atomic mass is 9.84. The molecule has 2 aromatic rings. The number of nitrogens with zero attached hydrogens (tertiary/aromatic N) is 3. The highest BCUT2D eigenvalue weighted by Crippen LogP contribution is 2.24. The number of ether oxygens (including phenoxy) is 1. The maximum atomic E-state index is 14.4. The lowest BCUT2D eigenvalue weighted by Crippen LogP contribution is -2.62. The van der Waals surface area contributed by atoms with E-state index in [0.29, 0.717) is 29.7 Å². The number of phenols is 1. The number of pyridine rings is 1. The number of hydrogen-bond donors (Lipinski definition) is 6. The molecule has 2 aliphatic heterocycles. The quantitative estimate of drug-likeness (QED) is 0.0824. The summed E-state index contributed by atoms with van der Waals surface area (Å²) in [6.07, 6.45) is 11.0. The van der Waals surface area contributed by atoms with Crippen LogP contribution in [0.2, 0.25) is 0 Å². The summed E-state index contributed by atoms with van der Waals surface area (Å²) < 4.78 is 6.06. The van der Waals surface area contributed by atoms with Gasteiger partial charge in [0.05, 0.1) is 30.9 Å². The van der Waals surface area contributed by atoms with E-state index in [0.717, 1.165) is 5.06 Å². The Hall–Kier alpha value is -6.01. The third-order valence-corrected chi connectivity index (χ3v) is 11.1. The van der Waals surface area contributed by atoms with Crippen molar-refractivity contribution in [3.05, 3.63) is 102 Å². The zero-order chi connectivity index (χ0) is 46.9. The predicted molar refractivity (Wildman–Crippen MR) is 237 cm³/mol. The molecular formula is C47H62N6O11. The van der Waals surface area contributed by atoms with Gasteiger partial charge in [0.25, 0.3) is 11.8 Å². The lowest BCUT2D eigenvalue weighted by Gasteiger charge is -2.36. The summed E-state index contributed by atoms with van der Waals surface area (Å²) in [5.74, 6) is -5.99. The number of carbonyl (C=O) groups excluding carboxylic acids is 6. The maximum Gasteiger partial charge on any atom is 0.325 e. The molecule has 4 rings (SSSR count). The number of Topliss-reactive ketones (excluding diaryl/α,β-unsaturated/α-hetero) is 1. The first-order valence-electron chi connectivity index (χ1n) is 21.5. The van der Waals surface area contributed by atoms with Crippen LogP contribution in [0.25, 0.3) is 0 Å². The van der Waals surface area contributed by atoms with Crippen LogP contribution in [0.4, 0.5) is 5.69 Å². The Labute approximate surface area is 374 Å². The minimum Gasteiger partial charge on any atom is -0.508 e. The molecule has 2 aliphatic rings. The van der Waals surface area contributed by atoms with E-state index < -0.39 is 83.8 Å². The molecule has 1 unspecified atom stereocenters. The Morgan fingerprint density at radius 1 is 1.05 bits per heavy atom. The van der Waals surface area contributed by atoms with Crippen LogP contribution in [0.3, 0.4) is 0 Å². The van der Waals surface area contributed by atoms with Gasteiger partial charge >= 0.3 is 5.97 Å². The molecule has 1 aromatic heterocycles. The fourth-order valence-corrected chi connectivity index (χ4v) is 7.31. The monoisotopic (exact) mass is 886 g/mol. The third kappa shape index (κ3) is 14.8. The molecule has 64 heavy (non-hydrogen) atoms. The summed E-state index contributed by atoms with van der Waals surface area (Å²) in [5.41, 5.74) is 4.55. The van der Waals surface area contributed by atoms with Crippen LogP contribution in [0.15, 0.2) is 96.9 Å². The summed E-state index contributed by atoms with van der Waals surface area (Å²) in [4.78, 5) is 90.7. The molecule has 8 atom stereocenters. The second kappa shape index (κ2) is 24.7. The van der Waals surface area contributed by atoms with E-state index in [9.17, 15) is 44.1 Å². The number of rotatable bonds is 11. The van der Waals surface area contributed by atoms with Gasteiger partial charge in [0.1, 0.15) is 35.8 Å². The highest BCUT2D eigenvalue weighted by atomic mass is 16.7. The van der Waals surface area contributed by atoms with Crippen molar-refractivity contribution >= 4 is 41.1 Å². The number of aliphatic hydroxyl groups is 2. The highest BCUT2D eigenvalue weighted by molar-refractivity contribution is 6.00. The van der Waals surface area contributed by atoms with Crippen molar-refractivity contribution < 1.29 is 53.7 Å². The Kier molecular flexibility index (Phi) is 19.6. The van der Waals surface area contributed by atoms with E-state index in [-0.39, 0.29) is 43.8 Å². The smallest absolute Gasteiger partial charge is 0.325 e. The van der Waals surface area contributed by atoms with Crippen LogP contribution in [0.5, 0.6) is 5.75 Å². The van der Waals surface area contributed by atoms with Crippen molar-refractivity contribution in [2.45, 2.75) is 110 Å². The largest absolute Gasteiger partial charge is 0.508 e. The van der Waals surface area contributed by atoms with E-state index in [1.807, 2.05) is 0 Å². The number of esters is 1. The van der Waals surface area contributed by atoms with E-state index in [1.165, 1.54) is 61.8 Å². The van der Waals surface area contributed by atoms with Crippen molar-refractivity contribution in [1.82, 2.24) is 26.1 Å². The van der Waals surface area contributed by atoms with Crippen LogP contribution in [0, 0.1) is 17.8 Å². The Morgan fingerprint density at radius 3 is 2.45 bits per heavy atom. The molecule has 0 spiro atoms. The number of benzene rings is 1. The molecule has 1 saturated heterocycles.